The molecule has 3 heterocycles. The molecule has 1 aliphatic rings. The molecule has 2 aromatic heterocycles. The predicted octanol–water partition coefficient (Wildman–Crippen LogP) is 3.61. The molecule has 2 aromatic carbocycles. The van der Waals surface area contributed by atoms with Crippen molar-refractivity contribution >= 4 is 22.7 Å². The summed E-state index contributed by atoms with van der Waals surface area (Å²) < 4.78 is 7.53. The van der Waals surface area contributed by atoms with E-state index in [9.17, 15) is 0 Å². The molecule has 0 radical (unpaired) electrons. The molecule has 1 unspecified atom stereocenters. The highest BCUT2D eigenvalue weighted by molar-refractivity contribution is 7.99. The van der Waals surface area contributed by atoms with E-state index in [1.807, 2.05) is 54.6 Å². The maximum atomic E-state index is 5.73. The highest BCUT2D eigenvalue weighted by Gasteiger charge is 2.20. The largest absolute Gasteiger partial charge is 0.376 e. The summed E-state index contributed by atoms with van der Waals surface area (Å²) in [4.78, 5) is 9.57. The van der Waals surface area contributed by atoms with Crippen molar-refractivity contribution in [2.24, 2.45) is 0 Å². The fourth-order valence-electron chi connectivity index (χ4n) is 3.29. The van der Waals surface area contributed by atoms with Gasteiger partial charge in [-0.2, -0.15) is 0 Å². The summed E-state index contributed by atoms with van der Waals surface area (Å²) in [6.45, 7) is 1.47. The first-order chi connectivity index (χ1) is 13.9. The number of hydrogen-bond acceptors (Lipinski definition) is 7. The molecule has 0 aliphatic carbocycles. The Morgan fingerprint density at radius 2 is 1.89 bits per heavy atom. The molecule has 0 saturated carbocycles. The third-order valence-electron chi connectivity index (χ3n) is 4.69. The van der Waals surface area contributed by atoms with Gasteiger partial charge in [0, 0.05) is 17.6 Å². The van der Waals surface area contributed by atoms with E-state index in [4.69, 9.17) is 14.7 Å². The van der Waals surface area contributed by atoms with E-state index in [1.54, 1.807) is 4.68 Å². The summed E-state index contributed by atoms with van der Waals surface area (Å²) in [5.41, 5.74) is 1.88. The van der Waals surface area contributed by atoms with Crippen LogP contribution >= 0.6 is 11.8 Å². The van der Waals surface area contributed by atoms with Gasteiger partial charge in [0.15, 0.2) is 5.82 Å². The van der Waals surface area contributed by atoms with Gasteiger partial charge in [-0.25, -0.2) is 14.6 Å². The van der Waals surface area contributed by atoms with E-state index in [-0.39, 0.29) is 6.10 Å². The monoisotopic (exact) mass is 390 g/mol. The fourth-order valence-corrected chi connectivity index (χ4v) is 4.17. The van der Waals surface area contributed by atoms with E-state index in [0.717, 1.165) is 40.9 Å². The van der Waals surface area contributed by atoms with Crippen LogP contribution in [0.5, 0.6) is 0 Å². The van der Waals surface area contributed by atoms with E-state index < -0.39 is 0 Å². The average molecular weight is 390 g/mol. The van der Waals surface area contributed by atoms with E-state index in [0.29, 0.717) is 17.5 Å². The molecule has 7 nitrogen and oxygen atoms in total. The third kappa shape index (κ3) is 3.48. The highest BCUT2D eigenvalue weighted by atomic mass is 32.2. The highest BCUT2D eigenvalue weighted by Crippen LogP contribution is 2.32. The first kappa shape index (κ1) is 17.3. The van der Waals surface area contributed by atoms with Gasteiger partial charge in [-0.3, -0.25) is 0 Å². The Bertz CT molecular complexity index is 1090. The summed E-state index contributed by atoms with van der Waals surface area (Å²) in [5.74, 6) is 0.694. The minimum Gasteiger partial charge on any atom is -0.376 e. The van der Waals surface area contributed by atoms with Gasteiger partial charge in [-0.1, -0.05) is 48.5 Å². The van der Waals surface area contributed by atoms with Crippen LogP contribution < -0.4 is 0 Å². The Kier molecular flexibility index (Phi) is 4.72. The van der Waals surface area contributed by atoms with E-state index in [1.165, 1.54) is 11.8 Å². The molecule has 0 bridgehead atoms. The quantitative estimate of drug-likeness (QED) is 0.482. The summed E-state index contributed by atoms with van der Waals surface area (Å²) >= 11 is 1.46. The van der Waals surface area contributed by atoms with Crippen molar-refractivity contribution in [3.63, 3.8) is 0 Å². The molecule has 0 spiro atoms. The molecule has 140 valence electrons. The number of aromatic nitrogens is 6. The van der Waals surface area contributed by atoms with Gasteiger partial charge in [0.2, 0.25) is 5.16 Å². The summed E-state index contributed by atoms with van der Waals surface area (Å²) in [5, 5.41) is 14.8. The lowest BCUT2D eigenvalue weighted by Crippen LogP contribution is -2.16. The van der Waals surface area contributed by atoms with Crippen molar-refractivity contribution in [3.8, 4) is 11.4 Å². The van der Waals surface area contributed by atoms with Crippen LogP contribution in [0.25, 0.3) is 22.3 Å². The van der Waals surface area contributed by atoms with Crippen LogP contribution in [0.3, 0.4) is 0 Å². The molecular weight excluding hydrogens is 372 g/mol. The number of nitrogens with zero attached hydrogens (tertiary/aromatic N) is 6. The molecule has 1 aliphatic heterocycles. The van der Waals surface area contributed by atoms with E-state index in [2.05, 4.69) is 15.5 Å². The van der Waals surface area contributed by atoms with Gasteiger partial charge >= 0.3 is 0 Å². The Labute approximate surface area is 166 Å². The van der Waals surface area contributed by atoms with Crippen LogP contribution in [0.4, 0.5) is 0 Å². The van der Waals surface area contributed by atoms with Crippen LogP contribution in [-0.4, -0.2) is 42.9 Å². The second kappa shape index (κ2) is 7.65. The van der Waals surface area contributed by atoms with Gasteiger partial charge < -0.3 is 4.74 Å². The van der Waals surface area contributed by atoms with Gasteiger partial charge in [0.05, 0.1) is 18.2 Å². The molecule has 4 aromatic rings. The molecule has 1 fully saturated rings. The Hall–Kier alpha value is -2.84. The van der Waals surface area contributed by atoms with Crippen LogP contribution in [0.15, 0.2) is 64.8 Å². The normalized spacial score (nSPS) is 16.6. The predicted molar refractivity (Wildman–Crippen MR) is 106 cm³/mol. The third-order valence-corrected chi connectivity index (χ3v) is 5.67. The Balaban J connectivity index is 1.53. The lowest BCUT2D eigenvalue weighted by molar-refractivity contribution is 0.0912. The average Bonchev–Trinajstić information content (AvgIpc) is 3.41. The van der Waals surface area contributed by atoms with E-state index >= 15 is 0 Å². The second-order valence-corrected chi connectivity index (χ2v) is 7.57. The van der Waals surface area contributed by atoms with Crippen molar-refractivity contribution < 1.29 is 4.74 Å². The summed E-state index contributed by atoms with van der Waals surface area (Å²) in [7, 11) is 0. The van der Waals surface area contributed by atoms with Gasteiger partial charge in [-0.15, -0.1) is 5.10 Å². The minimum atomic E-state index is 0.171. The molecule has 0 amide bonds. The zero-order chi connectivity index (χ0) is 18.8. The maximum absolute atomic E-state index is 5.73. The van der Waals surface area contributed by atoms with Crippen LogP contribution in [-0.2, 0) is 11.3 Å². The minimum absolute atomic E-state index is 0.171. The first-order valence-corrected chi connectivity index (χ1v) is 10.1. The summed E-state index contributed by atoms with van der Waals surface area (Å²) in [6.07, 6.45) is 2.30. The molecule has 1 atom stereocenters. The van der Waals surface area contributed by atoms with Crippen molar-refractivity contribution in [3.05, 3.63) is 54.6 Å². The number of fused-ring (bicyclic) bond motifs is 1. The molecular formula is C20H18N6OS. The van der Waals surface area contributed by atoms with Crippen molar-refractivity contribution in [1.82, 2.24) is 30.2 Å². The molecule has 28 heavy (non-hydrogen) atoms. The van der Waals surface area contributed by atoms with Crippen molar-refractivity contribution in [2.75, 3.05) is 6.61 Å². The van der Waals surface area contributed by atoms with Crippen LogP contribution in [0.1, 0.15) is 12.8 Å². The zero-order valence-electron chi connectivity index (χ0n) is 15.1. The number of tetrazole rings is 1. The molecule has 0 N–H and O–H groups in total. The molecule has 1 saturated heterocycles. The number of rotatable bonds is 5. The fraction of sp³-hybridized carbons (Fsp3) is 0.250. The number of para-hydroxylation sites is 1. The van der Waals surface area contributed by atoms with Gasteiger partial charge in [-0.05, 0) is 41.1 Å². The van der Waals surface area contributed by atoms with Crippen molar-refractivity contribution in [2.45, 2.75) is 35.7 Å². The van der Waals surface area contributed by atoms with Crippen molar-refractivity contribution in [1.29, 1.82) is 0 Å². The topological polar surface area (TPSA) is 78.6 Å². The van der Waals surface area contributed by atoms with Crippen LogP contribution in [0.2, 0.25) is 0 Å². The number of hydrogen-bond donors (Lipinski definition) is 0. The molecule has 8 heteroatoms. The Morgan fingerprint density at radius 3 is 2.75 bits per heavy atom. The number of benzene rings is 2. The second-order valence-electron chi connectivity index (χ2n) is 6.62. The standard InChI is InChI=1S/C20H18N6OS/c1-2-7-14(8-3-1)18-21-17-11-5-4-10-16(17)19(22-18)28-20-23-24-25-26(20)13-15-9-6-12-27-15/h1-5,7-8,10-11,15H,6,9,12-13H2. The maximum Gasteiger partial charge on any atom is 0.215 e. The number of ether oxygens (including phenoxy) is 1. The lowest BCUT2D eigenvalue weighted by atomic mass is 10.2. The SMILES string of the molecule is c1ccc(-c2nc(Sc3nnnn3CC3CCCO3)c3ccccc3n2)cc1. The van der Waals surface area contributed by atoms with Crippen LogP contribution in [0, 0.1) is 0 Å². The molecule has 5 rings (SSSR count). The zero-order valence-corrected chi connectivity index (χ0v) is 15.9. The lowest BCUT2D eigenvalue weighted by Gasteiger charge is -2.11. The smallest absolute Gasteiger partial charge is 0.215 e. The Morgan fingerprint density at radius 1 is 1.04 bits per heavy atom. The van der Waals surface area contributed by atoms with Gasteiger partial charge in [0.25, 0.3) is 0 Å². The van der Waals surface area contributed by atoms with Gasteiger partial charge in [0.1, 0.15) is 5.03 Å². The summed E-state index contributed by atoms with van der Waals surface area (Å²) in [6, 6.07) is 18.0. The first-order valence-electron chi connectivity index (χ1n) is 9.25.